The van der Waals surface area contributed by atoms with Crippen molar-refractivity contribution in [1.82, 2.24) is 15.2 Å². The van der Waals surface area contributed by atoms with E-state index in [0.29, 0.717) is 23.0 Å². The predicted molar refractivity (Wildman–Crippen MR) is 139 cm³/mol. The molecule has 3 heterocycles. The van der Waals surface area contributed by atoms with Crippen LogP contribution < -0.4 is 10.1 Å². The molecule has 5 rings (SSSR count). The summed E-state index contributed by atoms with van der Waals surface area (Å²) < 4.78 is 16.5. The lowest BCUT2D eigenvalue weighted by molar-refractivity contribution is 0.0600. The van der Waals surface area contributed by atoms with Crippen molar-refractivity contribution in [2.24, 2.45) is 0 Å². The maximum atomic E-state index is 11.8. The Bertz CT molecular complexity index is 1350. The number of nitrogens with zero attached hydrogens (tertiary/aromatic N) is 2. The van der Waals surface area contributed by atoms with Crippen LogP contribution in [0.5, 0.6) is 5.75 Å². The van der Waals surface area contributed by atoms with Crippen LogP contribution in [0.3, 0.4) is 0 Å². The monoisotopic (exact) mass is 499 g/mol. The van der Waals surface area contributed by atoms with Crippen molar-refractivity contribution in [3.63, 3.8) is 0 Å². The SMILES string of the molecule is COC(=O)c1ccc(-c2ccc([C@H]3[C@H](c4ccccn4)NC(=S)N3Cc3ccc(OC)cc3)o2)cc1. The zero-order chi connectivity index (χ0) is 25.1. The number of rotatable bonds is 7. The van der Waals surface area contributed by atoms with Gasteiger partial charge in [-0.3, -0.25) is 4.98 Å². The quantitative estimate of drug-likeness (QED) is 0.271. The van der Waals surface area contributed by atoms with E-state index in [-0.39, 0.29) is 18.1 Å². The average molecular weight is 500 g/mol. The Labute approximate surface area is 214 Å². The second-order valence-electron chi connectivity index (χ2n) is 8.37. The number of aromatic nitrogens is 1. The van der Waals surface area contributed by atoms with Crippen molar-refractivity contribution >= 4 is 23.3 Å². The largest absolute Gasteiger partial charge is 0.497 e. The van der Waals surface area contributed by atoms with Gasteiger partial charge in [0.1, 0.15) is 23.3 Å². The van der Waals surface area contributed by atoms with Gasteiger partial charge >= 0.3 is 5.97 Å². The van der Waals surface area contributed by atoms with Gasteiger partial charge in [-0.1, -0.05) is 30.3 Å². The number of thiocarbonyl (C=S) groups is 1. The molecule has 36 heavy (non-hydrogen) atoms. The maximum Gasteiger partial charge on any atom is 0.337 e. The zero-order valence-corrected chi connectivity index (χ0v) is 20.7. The van der Waals surface area contributed by atoms with E-state index in [4.69, 9.17) is 26.1 Å². The van der Waals surface area contributed by atoms with Crippen molar-refractivity contribution in [3.05, 3.63) is 108 Å². The van der Waals surface area contributed by atoms with E-state index in [1.165, 1.54) is 7.11 Å². The first kappa shape index (κ1) is 23.6. The Hall–Kier alpha value is -4.17. The van der Waals surface area contributed by atoms with Gasteiger partial charge in [0.15, 0.2) is 5.11 Å². The molecule has 1 saturated heterocycles. The lowest BCUT2D eigenvalue weighted by Crippen LogP contribution is -2.29. The first-order valence-electron chi connectivity index (χ1n) is 11.5. The fraction of sp³-hybridized carbons (Fsp3) is 0.179. The number of ether oxygens (including phenoxy) is 2. The molecule has 1 fully saturated rings. The highest BCUT2D eigenvalue weighted by atomic mass is 32.1. The molecular weight excluding hydrogens is 474 g/mol. The van der Waals surface area contributed by atoms with Crippen molar-refractivity contribution < 1.29 is 18.7 Å². The molecular formula is C28H25N3O4S. The van der Waals surface area contributed by atoms with E-state index in [1.807, 2.05) is 66.7 Å². The average Bonchev–Trinajstić information content (AvgIpc) is 3.54. The van der Waals surface area contributed by atoms with Gasteiger partial charge in [0.05, 0.1) is 31.5 Å². The Balaban J connectivity index is 1.48. The van der Waals surface area contributed by atoms with Gasteiger partial charge in [0, 0.05) is 18.3 Å². The van der Waals surface area contributed by atoms with Gasteiger partial charge in [0.25, 0.3) is 0 Å². The Morgan fingerprint density at radius 1 is 1.03 bits per heavy atom. The van der Waals surface area contributed by atoms with Gasteiger partial charge in [-0.05, 0) is 66.3 Å². The lowest BCUT2D eigenvalue weighted by Gasteiger charge is -2.26. The molecule has 4 aromatic rings. The zero-order valence-electron chi connectivity index (χ0n) is 19.9. The molecule has 0 spiro atoms. The number of furan rings is 1. The molecule has 0 bridgehead atoms. The molecule has 1 aliphatic rings. The van der Waals surface area contributed by atoms with E-state index < -0.39 is 0 Å². The molecule has 2 aromatic heterocycles. The molecule has 0 aliphatic carbocycles. The molecule has 1 aliphatic heterocycles. The van der Waals surface area contributed by atoms with Crippen molar-refractivity contribution in [2.45, 2.75) is 18.6 Å². The molecule has 0 saturated carbocycles. The second kappa shape index (κ2) is 10.2. The Kier molecular flexibility index (Phi) is 6.69. The summed E-state index contributed by atoms with van der Waals surface area (Å²) in [5.41, 5.74) is 3.32. The van der Waals surface area contributed by atoms with E-state index in [9.17, 15) is 4.79 Å². The molecule has 2 aromatic carbocycles. The minimum atomic E-state index is -0.375. The third-order valence-corrected chi connectivity index (χ3v) is 6.57. The van der Waals surface area contributed by atoms with Crippen LogP contribution in [-0.4, -0.2) is 35.2 Å². The minimum Gasteiger partial charge on any atom is -0.497 e. The summed E-state index contributed by atoms with van der Waals surface area (Å²) in [7, 11) is 3.02. The van der Waals surface area contributed by atoms with Crippen molar-refractivity contribution in [3.8, 4) is 17.1 Å². The molecule has 0 radical (unpaired) electrons. The Morgan fingerprint density at radius 2 is 1.81 bits per heavy atom. The number of carbonyl (C=O) groups excluding carboxylic acids is 1. The number of methoxy groups -OCH3 is 2. The van der Waals surface area contributed by atoms with Gasteiger partial charge in [0.2, 0.25) is 0 Å². The fourth-order valence-corrected chi connectivity index (χ4v) is 4.67. The summed E-state index contributed by atoms with van der Waals surface area (Å²) in [6, 6.07) is 24.4. The van der Waals surface area contributed by atoms with Crippen LogP contribution >= 0.6 is 12.2 Å². The Morgan fingerprint density at radius 3 is 2.47 bits per heavy atom. The molecule has 182 valence electrons. The lowest BCUT2D eigenvalue weighted by atomic mass is 10.0. The van der Waals surface area contributed by atoms with E-state index >= 15 is 0 Å². The highest BCUT2D eigenvalue weighted by Crippen LogP contribution is 2.41. The number of esters is 1. The first-order valence-corrected chi connectivity index (χ1v) is 11.9. The second-order valence-corrected chi connectivity index (χ2v) is 8.76. The van der Waals surface area contributed by atoms with Crippen LogP contribution in [0, 0.1) is 0 Å². The summed E-state index contributed by atoms with van der Waals surface area (Å²) in [6.45, 7) is 0.591. The molecule has 0 unspecified atom stereocenters. The first-order chi connectivity index (χ1) is 17.6. The van der Waals surface area contributed by atoms with Crippen LogP contribution in [0.1, 0.15) is 39.5 Å². The van der Waals surface area contributed by atoms with Crippen LogP contribution in [-0.2, 0) is 11.3 Å². The van der Waals surface area contributed by atoms with Crippen LogP contribution in [0.4, 0.5) is 0 Å². The number of hydrogen-bond donors (Lipinski definition) is 1. The maximum absolute atomic E-state index is 11.8. The summed E-state index contributed by atoms with van der Waals surface area (Å²) in [5, 5.41) is 4.08. The van der Waals surface area contributed by atoms with E-state index in [2.05, 4.69) is 15.2 Å². The van der Waals surface area contributed by atoms with Crippen LogP contribution in [0.15, 0.2) is 89.5 Å². The smallest absolute Gasteiger partial charge is 0.337 e. The topological polar surface area (TPSA) is 76.8 Å². The van der Waals surface area contributed by atoms with Gasteiger partial charge in [-0.25, -0.2) is 4.79 Å². The van der Waals surface area contributed by atoms with E-state index in [0.717, 1.165) is 28.3 Å². The molecule has 0 amide bonds. The van der Waals surface area contributed by atoms with Crippen LogP contribution in [0.25, 0.3) is 11.3 Å². The van der Waals surface area contributed by atoms with Gasteiger partial charge in [-0.2, -0.15) is 0 Å². The number of carbonyl (C=O) groups is 1. The molecule has 7 nitrogen and oxygen atoms in total. The summed E-state index contributed by atoms with van der Waals surface area (Å²) in [4.78, 5) is 18.5. The van der Waals surface area contributed by atoms with Crippen molar-refractivity contribution in [1.29, 1.82) is 0 Å². The van der Waals surface area contributed by atoms with Crippen molar-refractivity contribution in [2.75, 3.05) is 14.2 Å². The highest BCUT2D eigenvalue weighted by Gasteiger charge is 2.41. The highest BCUT2D eigenvalue weighted by molar-refractivity contribution is 7.80. The number of hydrogen-bond acceptors (Lipinski definition) is 6. The van der Waals surface area contributed by atoms with Gasteiger partial charge < -0.3 is 24.1 Å². The number of nitrogens with one attached hydrogen (secondary N) is 1. The third kappa shape index (κ3) is 4.67. The summed E-state index contributed by atoms with van der Waals surface area (Å²) >= 11 is 5.77. The summed E-state index contributed by atoms with van der Waals surface area (Å²) in [5.74, 6) is 1.89. The summed E-state index contributed by atoms with van der Waals surface area (Å²) in [6.07, 6.45) is 1.78. The molecule has 1 N–H and O–H groups in total. The number of pyridine rings is 1. The van der Waals surface area contributed by atoms with E-state index in [1.54, 1.807) is 25.4 Å². The number of benzene rings is 2. The predicted octanol–water partition coefficient (Wildman–Crippen LogP) is 5.31. The third-order valence-electron chi connectivity index (χ3n) is 6.22. The fourth-order valence-electron chi connectivity index (χ4n) is 4.37. The standard InChI is InChI=1S/C28H25N3O4S/c1-33-21-12-6-18(7-13-21)17-31-26(25(30-28(31)36)22-5-3-4-16-29-22)24-15-14-23(35-24)19-8-10-20(11-9-19)27(32)34-2/h3-16,25-26H,17H2,1-2H3,(H,30,36)/t25-,26-/m0/s1. The van der Waals surface area contributed by atoms with Gasteiger partial charge in [-0.15, -0.1) is 0 Å². The molecule has 2 atom stereocenters. The van der Waals surface area contributed by atoms with Crippen LogP contribution in [0.2, 0.25) is 0 Å². The normalized spacial score (nSPS) is 17.1. The minimum absolute atomic E-state index is 0.183. The molecule has 8 heteroatoms.